The molecule has 6 nitrogen and oxygen atoms in total. The first-order valence-corrected chi connectivity index (χ1v) is 12.8. The molecule has 36 heavy (non-hydrogen) atoms. The lowest BCUT2D eigenvalue weighted by molar-refractivity contribution is -0.304. The van der Waals surface area contributed by atoms with Gasteiger partial charge in [0.05, 0.1) is 13.2 Å². The normalized spacial score (nSPS) is 32.2. The average molecular weight is 550 g/mol. The van der Waals surface area contributed by atoms with Crippen LogP contribution in [0.4, 0.5) is 0 Å². The van der Waals surface area contributed by atoms with E-state index in [0.29, 0.717) is 26.2 Å². The highest BCUT2D eigenvalue weighted by atomic mass is 35.5. The predicted octanol–water partition coefficient (Wildman–Crippen LogP) is 6.66. The summed E-state index contributed by atoms with van der Waals surface area (Å²) in [7, 11) is 0. The van der Waals surface area contributed by atoms with Crippen molar-refractivity contribution in [2.45, 2.75) is 43.3 Å². The van der Waals surface area contributed by atoms with Gasteiger partial charge in [0.15, 0.2) is 18.9 Å². The highest BCUT2D eigenvalue weighted by molar-refractivity contribution is 6.32. The molecule has 3 aromatic rings. The molecule has 3 saturated heterocycles. The van der Waals surface area contributed by atoms with E-state index in [2.05, 4.69) is 0 Å². The van der Waals surface area contributed by atoms with Gasteiger partial charge in [-0.1, -0.05) is 89.4 Å². The molecule has 0 aromatic heterocycles. The van der Waals surface area contributed by atoms with Crippen molar-refractivity contribution in [2.24, 2.45) is 0 Å². The molecule has 3 unspecified atom stereocenters. The molecule has 9 heteroatoms. The van der Waals surface area contributed by atoms with Crippen LogP contribution in [0.25, 0.3) is 0 Å². The van der Waals surface area contributed by atoms with Crippen molar-refractivity contribution in [3.63, 3.8) is 0 Å². The van der Waals surface area contributed by atoms with Gasteiger partial charge in [0.25, 0.3) is 0 Å². The first-order valence-electron chi connectivity index (χ1n) is 11.7. The number of rotatable bonds is 3. The minimum absolute atomic E-state index is 0.146. The lowest BCUT2D eigenvalue weighted by Crippen LogP contribution is -2.53. The highest BCUT2D eigenvalue weighted by Crippen LogP contribution is 2.44. The van der Waals surface area contributed by atoms with Gasteiger partial charge in [-0.15, -0.1) is 0 Å². The zero-order valence-corrected chi connectivity index (χ0v) is 21.2. The first-order chi connectivity index (χ1) is 17.6. The van der Waals surface area contributed by atoms with Crippen molar-refractivity contribution in [1.82, 2.24) is 0 Å². The molecule has 0 radical (unpaired) electrons. The Morgan fingerprint density at radius 2 is 0.833 bits per heavy atom. The topological polar surface area (TPSA) is 55.4 Å². The Kier molecular flexibility index (Phi) is 7.23. The van der Waals surface area contributed by atoms with Crippen molar-refractivity contribution >= 4 is 34.8 Å². The van der Waals surface area contributed by atoms with Crippen molar-refractivity contribution in [3.05, 3.63) is 105 Å². The molecule has 6 rings (SSSR count). The largest absolute Gasteiger partial charge is 0.346 e. The molecule has 0 spiro atoms. The molecule has 0 saturated carbocycles. The Balaban J connectivity index is 1.36. The summed E-state index contributed by atoms with van der Waals surface area (Å²) >= 11 is 19.4. The molecule has 3 heterocycles. The van der Waals surface area contributed by atoms with E-state index < -0.39 is 43.3 Å². The lowest BCUT2D eigenvalue weighted by Gasteiger charge is -2.41. The zero-order valence-electron chi connectivity index (χ0n) is 19.0. The van der Waals surface area contributed by atoms with E-state index in [1.165, 1.54) is 0 Å². The van der Waals surface area contributed by atoms with E-state index in [-0.39, 0.29) is 13.2 Å². The molecule has 3 aliphatic rings. The summed E-state index contributed by atoms with van der Waals surface area (Å²) in [6, 6.07) is 22.3. The summed E-state index contributed by atoms with van der Waals surface area (Å²) in [4.78, 5) is 0. The number of hydrogen-bond acceptors (Lipinski definition) is 6. The third-order valence-corrected chi connectivity index (χ3v) is 7.55. The number of halogens is 3. The van der Waals surface area contributed by atoms with Crippen LogP contribution >= 0.6 is 34.8 Å². The lowest BCUT2D eigenvalue weighted by atomic mass is 10.0. The van der Waals surface area contributed by atoms with Gasteiger partial charge in [-0.25, -0.2) is 0 Å². The van der Waals surface area contributed by atoms with Crippen LogP contribution in [0.5, 0.6) is 0 Å². The zero-order chi connectivity index (χ0) is 24.6. The van der Waals surface area contributed by atoms with Crippen LogP contribution in [0.2, 0.25) is 15.1 Å². The van der Waals surface area contributed by atoms with E-state index in [0.717, 1.165) is 5.56 Å². The fourth-order valence-electron chi connectivity index (χ4n) is 4.73. The highest BCUT2D eigenvalue weighted by Gasteiger charge is 2.51. The Morgan fingerprint density at radius 3 is 1.22 bits per heavy atom. The van der Waals surface area contributed by atoms with Crippen molar-refractivity contribution in [1.29, 1.82) is 0 Å². The molecule has 3 fully saturated rings. The van der Waals surface area contributed by atoms with Crippen LogP contribution in [0, 0.1) is 0 Å². The summed E-state index contributed by atoms with van der Waals surface area (Å²) in [5.74, 6) is 0. The summed E-state index contributed by atoms with van der Waals surface area (Å²) in [6.45, 7) is 0.291. The van der Waals surface area contributed by atoms with Gasteiger partial charge in [-0.05, 0) is 18.2 Å². The minimum atomic E-state index is -0.737. The third kappa shape index (κ3) is 4.78. The van der Waals surface area contributed by atoms with Crippen molar-refractivity contribution in [2.75, 3.05) is 13.2 Å². The van der Waals surface area contributed by atoms with Gasteiger partial charge < -0.3 is 28.4 Å². The summed E-state index contributed by atoms with van der Waals surface area (Å²) < 4.78 is 38.2. The number of benzene rings is 3. The van der Waals surface area contributed by atoms with Crippen LogP contribution < -0.4 is 0 Å². The van der Waals surface area contributed by atoms with E-state index in [9.17, 15) is 0 Å². The minimum Gasteiger partial charge on any atom is -0.346 e. The number of ether oxygens (including phenoxy) is 6. The molecule has 3 aliphatic heterocycles. The maximum absolute atomic E-state index is 6.47. The van der Waals surface area contributed by atoms with Crippen LogP contribution in [0.3, 0.4) is 0 Å². The maximum Gasteiger partial charge on any atom is 0.186 e. The molecule has 0 aliphatic carbocycles. The van der Waals surface area contributed by atoms with E-state index in [1.54, 1.807) is 18.2 Å². The Bertz CT molecular complexity index is 1150. The summed E-state index contributed by atoms with van der Waals surface area (Å²) in [6.07, 6.45) is -4.28. The maximum atomic E-state index is 6.47. The Labute approximate surface area is 223 Å². The fourth-order valence-corrected chi connectivity index (χ4v) is 5.40. The van der Waals surface area contributed by atoms with Crippen LogP contribution in [0.1, 0.15) is 35.6 Å². The molecule has 0 amide bonds. The standard InChI is InChI=1S/C27H23Cl3O6/c28-18-10-4-1-7-15(18)25-31-13-22-24-23(35-27(36-24)17-9-3-6-12-20(17)30)21(33-25)14-32-26(34-22)16-8-2-5-11-19(16)29/h1-12,21-27H,13-14H2/t21-,22+,23-,24-,25?,26?,27?/m0/s1. The SMILES string of the molecule is Clc1ccccc1C1O[C@@H]2[C@@H](O1)[C@H]1COC(c3ccccc3Cl)O[C@H]2COC(c2ccccc2Cl)O1. The molecule has 3 aromatic carbocycles. The second-order valence-corrected chi connectivity index (χ2v) is 10.00. The number of hydrogen-bond donors (Lipinski definition) is 0. The second-order valence-electron chi connectivity index (χ2n) is 8.78. The van der Waals surface area contributed by atoms with Gasteiger partial charge in [-0.2, -0.15) is 0 Å². The van der Waals surface area contributed by atoms with Crippen LogP contribution in [-0.2, 0) is 28.4 Å². The first kappa shape index (κ1) is 24.6. The van der Waals surface area contributed by atoms with Crippen molar-refractivity contribution < 1.29 is 28.4 Å². The molecule has 7 atom stereocenters. The summed E-state index contributed by atoms with van der Waals surface area (Å²) in [5, 5.41) is 1.64. The van der Waals surface area contributed by atoms with Gasteiger partial charge in [0.1, 0.15) is 24.4 Å². The molecule has 0 N–H and O–H groups in total. The van der Waals surface area contributed by atoms with Gasteiger partial charge in [0, 0.05) is 31.8 Å². The predicted molar refractivity (Wildman–Crippen MR) is 134 cm³/mol. The van der Waals surface area contributed by atoms with Gasteiger partial charge in [0.2, 0.25) is 0 Å². The monoisotopic (exact) mass is 548 g/mol. The third-order valence-electron chi connectivity index (χ3n) is 6.52. The quantitative estimate of drug-likeness (QED) is 0.364. The molecule has 2 bridgehead atoms. The van der Waals surface area contributed by atoms with E-state index >= 15 is 0 Å². The Hall–Kier alpha value is -1.71. The Morgan fingerprint density at radius 1 is 0.472 bits per heavy atom. The second kappa shape index (κ2) is 10.6. The summed E-state index contributed by atoms with van der Waals surface area (Å²) in [5.41, 5.74) is 2.16. The van der Waals surface area contributed by atoms with E-state index in [1.807, 2.05) is 54.6 Å². The van der Waals surface area contributed by atoms with Crippen LogP contribution in [-0.4, -0.2) is 37.6 Å². The fraction of sp³-hybridized carbons (Fsp3) is 0.333. The van der Waals surface area contributed by atoms with Crippen LogP contribution in [0.15, 0.2) is 72.8 Å². The average Bonchev–Trinajstić information content (AvgIpc) is 3.30. The van der Waals surface area contributed by atoms with Crippen molar-refractivity contribution in [3.8, 4) is 0 Å². The van der Waals surface area contributed by atoms with E-state index in [4.69, 9.17) is 63.2 Å². The van der Waals surface area contributed by atoms with Gasteiger partial charge in [-0.3, -0.25) is 0 Å². The smallest absolute Gasteiger partial charge is 0.186 e. The molecular formula is C27H23Cl3O6. The molecule has 188 valence electrons. The molecular weight excluding hydrogens is 527 g/mol. The van der Waals surface area contributed by atoms with Gasteiger partial charge >= 0.3 is 0 Å².